The first-order chi connectivity index (χ1) is 10.7. The molecule has 0 saturated heterocycles. The molecule has 1 rings (SSSR count). The summed E-state index contributed by atoms with van der Waals surface area (Å²) in [7, 11) is 0. The summed E-state index contributed by atoms with van der Waals surface area (Å²) in [5, 5.41) is 8.67. The van der Waals surface area contributed by atoms with E-state index in [0.29, 0.717) is 25.2 Å². The van der Waals surface area contributed by atoms with Crippen LogP contribution in [0.1, 0.15) is 43.6 Å². The lowest BCUT2D eigenvalue weighted by molar-refractivity contribution is 0.0530. The zero-order chi connectivity index (χ0) is 17.5. The number of ether oxygens (including phenoxy) is 1. The normalized spacial score (nSPS) is 10.8. The zero-order valence-corrected chi connectivity index (χ0v) is 14.6. The van der Waals surface area contributed by atoms with Crippen molar-refractivity contribution in [3.63, 3.8) is 0 Å². The molecule has 0 fully saturated rings. The molecule has 23 heavy (non-hydrogen) atoms. The molecular formula is C17H27N3O3. The minimum atomic E-state index is -0.505. The maximum Gasteiger partial charge on any atom is 0.407 e. The quantitative estimate of drug-likeness (QED) is 0.704. The van der Waals surface area contributed by atoms with Crippen molar-refractivity contribution < 1.29 is 14.3 Å². The van der Waals surface area contributed by atoms with Crippen LogP contribution in [0.3, 0.4) is 0 Å². The van der Waals surface area contributed by atoms with Gasteiger partial charge in [0.1, 0.15) is 5.60 Å². The van der Waals surface area contributed by atoms with Crippen molar-refractivity contribution in [3.05, 3.63) is 29.3 Å². The highest BCUT2D eigenvalue weighted by Gasteiger charge is 2.15. The Morgan fingerprint density at radius 1 is 1.13 bits per heavy atom. The number of benzene rings is 1. The predicted octanol–water partition coefficient (Wildman–Crippen LogP) is 2.68. The van der Waals surface area contributed by atoms with E-state index in [1.54, 1.807) is 6.07 Å². The van der Waals surface area contributed by atoms with Crippen molar-refractivity contribution in [1.82, 2.24) is 10.6 Å². The van der Waals surface area contributed by atoms with Crippen LogP contribution in [-0.2, 0) is 4.74 Å². The summed E-state index contributed by atoms with van der Waals surface area (Å²) in [6, 6.07) is 5.51. The minimum absolute atomic E-state index is 0.0950. The Balaban J connectivity index is 2.50. The molecule has 0 saturated carbocycles. The maximum absolute atomic E-state index is 11.8. The van der Waals surface area contributed by atoms with Crippen molar-refractivity contribution >= 4 is 17.7 Å². The highest BCUT2D eigenvalue weighted by molar-refractivity contribution is 5.95. The number of nitrogens with one attached hydrogen (secondary N) is 3. The summed E-state index contributed by atoms with van der Waals surface area (Å²) in [6.07, 6.45) is -0.438. The molecule has 6 heteroatoms. The highest BCUT2D eigenvalue weighted by Crippen LogP contribution is 2.16. The van der Waals surface area contributed by atoms with Crippen LogP contribution >= 0.6 is 0 Å². The van der Waals surface area contributed by atoms with Gasteiger partial charge in [-0.25, -0.2) is 4.79 Å². The average Bonchev–Trinajstić information content (AvgIpc) is 2.43. The molecule has 2 amide bonds. The van der Waals surface area contributed by atoms with Gasteiger partial charge in [-0.05, 0) is 52.3 Å². The molecule has 0 aromatic heterocycles. The van der Waals surface area contributed by atoms with Gasteiger partial charge in [0.15, 0.2) is 0 Å². The van der Waals surface area contributed by atoms with E-state index in [2.05, 4.69) is 16.0 Å². The van der Waals surface area contributed by atoms with E-state index in [4.69, 9.17) is 4.74 Å². The van der Waals surface area contributed by atoms with Crippen LogP contribution < -0.4 is 16.0 Å². The highest BCUT2D eigenvalue weighted by atomic mass is 16.6. The summed E-state index contributed by atoms with van der Waals surface area (Å²) in [6.45, 7) is 10.9. The molecule has 0 aliphatic heterocycles. The second-order valence-corrected chi connectivity index (χ2v) is 6.24. The van der Waals surface area contributed by atoms with Crippen molar-refractivity contribution in [2.45, 2.75) is 40.2 Å². The molecule has 0 aliphatic carbocycles. The van der Waals surface area contributed by atoms with Gasteiger partial charge in [0.2, 0.25) is 0 Å². The van der Waals surface area contributed by atoms with Gasteiger partial charge >= 0.3 is 6.09 Å². The van der Waals surface area contributed by atoms with Crippen LogP contribution in [0.4, 0.5) is 10.5 Å². The molecule has 0 spiro atoms. The van der Waals surface area contributed by atoms with E-state index in [1.165, 1.54) is 0 Å². The number of alkyl carbamates (subject to hydrolysis) is 1. The summed E-state index contributed by atoms with van der Waals surface area (Å²) < 4.78 is 5.16. The molecular weight excluding hydrogens is 294 g/mol. The number of amides is 2. The fourth-order valence-corrected chi connectivity index (χ4v) is 1.89. The number of carbonyl (C=O) groups excluding carboxylic acids is 2. The number of rotatable bonds is 6. The molecule has 128 valence electrons. The molecule has 1 aromatic rings. The second kappa shape index (κ2) is 8.41. The second-order valence-electron chi connectivity index (χ2n) is 6.24. The van der Waals surface area contributed by atoms with Crippen LogP contribution in [0.15, 0.2) is 18.2 Å². The first-order valence-corrected chi connectivity index (χ1v) is 7.82. The van der Waals surface area contributed by atoms with E-state index in [9.17, 15) is 9.59 Å². The van der Waals surface area contributed by atoms with Crippen molar-refractivity contribution in [2.75, 3.05) is 25.0 Å². The van der Waals surface area contributed by atoms with Crippen molar-refractivity contribution in [1.29, 1.82) is 0 Å². The van der Waals surface area contributed by atoms with Gasteiger partial charge in [0.25, 0.3) is 5.91 Å². The van der Waals surface area contributed by atoms with Crippen LogP contribution in [-0.4, -0.2) is 37.2 Å². The lowest BCUT2D eigenvalue weighted by Gasteiger charge is -2.20. The first kappa shape index (κ1) is 18.8. The molecule has 6 nitrogen and oxygen atoms in total. The summed E-state index contributed by atoms with van der Waals surface area (Å²) in [4.78, 5) is 23.4. The third-order valence-corrected chi connectivity index (χ3v) is 2.95. The van der Waals surface area contributed by atoms with E-state index in [1.807, 2.05) is 46.8 Å². The molecule has 0 atom stereocenters. The Morgan fingerprint density at radius 2 is 1.83 bits per heavy atom. The summed E-state index contributed by atoms with van der Waals surface area (Å²) in [5.74, 6) is -0.0950. The van der Waals surface area contributed by atoms with Gasteiger partial charge in [0.05, 0.1) is 0 Å². The Morgan fingerprint density at radius 3 is 2.43 bits per heavy atom. The van der Waals surface area contributed by atoms with Crippen LogP contribution in [0.2, 0.25) is 0 Å². The number of carbonyl (C=O) groups is 2. The topological polar surface area (TPSA) is 79.5 Å². The standard InChI is InChI=1S/C17H27N3O3/c1-6-18-15(21)13-8-7-12(2)14(11-13)19-9-10-20-16(22)23-17(3,4)5/h7-8,11,19H,6,9-10H2,1-5H3,(H,18,21)(H,20,22). The van der Waals surface area contributed by atoms with Gasteiger partial charge in [0, 0.05) is 30.9 Å². The van der Waals surface area contributed by atoms with Gasteiger partial charge in [-0.3, -0.25) is 4.79 Å². The largest absolute Gasteiger partial charge is 0.444 e. The van der Waals surface area contributed by atoms with Crippen LogP contribution in [0, 0.1) is 6.92 Å². The smallest absolute Gasteiger partial charge is 0.407 e. The lowest BCUT2D eigenvalue weighted by atomic mass is 10.1. The first-order valence-electron chi connectivity index (χ1n) is 7.82. The fourth-order valence-electron chi connectivity index (χ4n) is 1.89. The van der Waals surface area contributed by atoms with Crippen molar-refractivity contribution in [3.8, 4) is 0 Å². The number of aryl methyl sites for hydroxylation is 1. The van der Waals surface area contributed by atoms with Crippen molar-refractivity contribution in [2.24, 2.45) is 0 Å². The number of hydrogen-bond donors (Lipinski definition) is 3. The lowest BCUT2D eigenvalue weighted by Crippen LogP contribution is -2.35. The zero-order valence-electron chi connectivity index (χ0n) is 14.6. The summed E-state index contributed by atoms with van der Waals surface area (Å²) in [5.41, 5.74) is 2.02. The van der Waals surface area contributed by atoms with E-state index in [-0.39, 0.29) is 5.91 Å². The Bertz CT molecular complexity index is 551. The molecule has 0 bridgehead atoms. The SMILES string of the molecule is CCNC(=O)c1ccc(C)c(NCCNC(=O)OC(C)(C)C)c1. The van der Waals surface area contributed by atoms with E-state index < -0.39 is 11.7 Å². The number of anilines is 1. The summed E-state index contributed by atoms with van der Waals surface area (Å²) >= 11 is 0. The molecule has 0 unspecified atom stereocenters. The monoisotopic (exact) mass is 321 g/mol. The van der Waals surface area contributed by atoms with E-state index in [0.717, 1.165) is 11.3 Å². The molecule has 0 radical (unpaired) electrons. The van der Waals surface area contributed by atoms with Gasteiger partial charge in [-0.15, -0.1) is 0 Å². The fraction of sp³-hybridized carbons (Fsp3) is 0.529. The predicted molar refractivity (Wildman–Crippen MR) is 91.9 cm³/mol. The molecule has 1 aromatic carbocycles. The number of hydrogen-bond acceptors (Lipinski definition) is 4. The van der Waals surface area contributed by atoms with Gasteiger partial charge < -0.3 is 20.7 Å². The molecule has 3 N–H and O–H groups in total. The third kappa shape index (κ3) is 7.04. The van der Waals surface area contributed by atoms with Gasteiger partial charge in [-0.2, -0.15) is 0 Å². The van der Waals surface area contributed by atoms with Crippen LogP contribution in [0.5, 0.6) is 0 Å². The Kier molecular flexibility index (Phi) is 6.88. The van der Waals surface area contributed by atoms with E-state index >= 15 is 0 Å². The minimum Gasteiger partial charge on any atom is -0.444 e. The third-order valence-electron chi connectivity index (χ3n) is 2.95. The van der Waals surface area contributed by atoms with Crippen LogP contribution in [0.25, 0.3) is 0 Å². The van der Waals surface area contributed by atoms with Gasteiger partial charge in [-0.1, -0.05) is 6.07 Å². The molecule has 0 aliphatic rings. The molecule has 0 heterocycles. The maximum atomic E-state index is 11.8. The average molecular weight is 321 g/mol. The Hall–Kier alpha value is -2.24. The Labute approximate surface area is 138 Å².